The van der Waals surface area contributed by atoms with Gasteiger partial charge in [-0.2, -0.15) is 0 Å². The van der Waals surface area contributed by atoms with Crippen molar-refractivity contribution in [1.82, 2.24) is 24.7 Å². The lowest BCUT2D eigenvalue weighted by atomic mass is 10.0. The molecule has 4 N–H and O–H groups in total. The van der Waals surface area contributed by atoms with Crippen LogP contribution in [0.3, 0.4) is 0 Å². The Morgan fingerprint density at radius 1 is 0.821 bits per heavy atom. The summed E-state index contributed by atoms with van der Waals surface area (Å²) in [6.07, 6.45) is 5.80. The van der Waals surface area contributed by atoms with Gasteiger partial charge in [-0.25, -0.2) is 4.79 Å². The smallest absolute Gasteiger partial charge is 0.329 e. The van der Waals surface area contributed by atoms with Crippen molar-refractivity contribution in [2.45, 2.75) is 115 Å². The third kappa shape index (κ3) is 11.9. The Morgan fingerprint density at radius 3 is 2.34 bits per heavy atom. The van der Waals surface area contributed by atoms with Gasteiger partial charge in [0.1, 0.15) is 18.7 Å². The molecular weight excluding hydrogens is 859 g/mol. The SMILES string of the molecule is C[C@@H](OCc1ccc(CCCNC(=O)COCCOCCCc2ccc3c(c2)n(C)c(=O)n3C2CCC(=O)N(C)C2=O)cc1)[C@H](CCC(N)=O)NC(=O)[C@@H]1Cc2cccc3c2N1C(=O)CCC3. The number of para-hydroxylation sites is 1. The molecule has 4 atom stereocenters. The highest BCUT2D eigenvalue weighted by atomic mass is 16.5. The number of likely N-dealkylation sites (tertiary alicyclic amines) is 1. The quantitative estimate of drug-likeness (QED) is 0.0730. The maximum atomic E-state index is 13.8. The number of anilines is 1. The fourth-order valence-electron chi connectivity index (χ4n) is 9.32. The zero-order chi connectivity index (χ0) is 47.6. The second-order valence-electron chi connectivity index (χ2n) is 17.8. The van der Waals surface area contributed by atoms with E-state index in [1.807, 2.05) is 67.6 Å². The standard InChI is InChI=1S/C50H63N7O10/c1-32(38(19-22-43(51)58)53-48(62)42-29-37-12-4-10-36-11-5-13-46(61)57(42)47(36)37)67-30-35-16-14-33(15-17-35)8-6-24-52-44(59)31-66-27-26-65-25-7-9-34-18-20-39-41(28-34)54(2)50(64)56(39)40-21-23-45(60)55(3)49(40)63/h4,10,12,14-18,20,28,32,38,40,42H,5-9,11,13,19,21-27,29-31H2,1-3H3,(H2,51,58)(H,52,59)(H,53,62)/t32-,38+,40?,42+/m1/s1. The van der Waals surface area contributed by atoms with Gasteiger partial charge in [0.2, 0.25) is 29.5 Å². The number of carbonyl (C=O) groups is 6. The van der Waals surface area contributed by atoms with Crippen molar-refractivity contribution in [2.24, 2.45) is 12.8 Å². The molecule has 1 unspecified atom stereocenters. The first kappa shape index (κ1) is 48.8. The van der Waals surface area contributed by atoms with E-state index < -0.39 is 30.1 Å². The minimum absolute atomic E-state index is 0.0487. The van der Waals surface area contributed by atoms with Gasteiger partial charge < -0.3 is 30.6 Å². The number of likely N-dealkylation sites (N-methyl/N-ethyl adjacent to an activating group) is 1. The second kappa shape index (κ2) is 22.5. The number of nitrogens with two attached hydrogens (primary N) is 1. The second-order valence-corrected chi connectivity index (χ2v) is 17.8. The minimum Gasteiger partial charge on any atom is -0.379 e. The lowest BCUT2D eigenvalue weighted by Crippen LogP contribution is -2.53. The summed E-state index contributed by atoms with van der Waals surface area (Å²) in [5.74, 6) is -1.60. The number of rotatable bonds is 23. The van der Waals surface area contributed by atoms with Crippen molar-refractivity contribution < 1.29 is 43.0 Å². The monoisotopic (exact) mass is 921 g/mol. The van der Waals surface area contributed by atoms with Crippen LogP contribution < -0.4 is 27.0 Å². The lowest BCUT2D eigenvalue weighted by Gasteiger charge is -2.29. The summed E-state index contributed by atoms with van der Waals surface area (Å²) in [6.45, 7) is 3.72. The molecule has 1 saturated heterocycles. The number of primary amides is 1. The first-order chi connectivity index (χ1) is 32.3. The number of aromatic nitrogens is 2. The summed E-state index contributed by atoms with van der Waals surface area (Å²) in [4.78, 5) is 91.7. The van der Waals surface area contributed by atoms with Crippen LogP contribution in [0, 0.1) is 0 Å². The number of benzene rings is 3. The Morgan fingerprint density at radius 2 is 1.55 bits per heavy atom. The molecule has 0 radical (unpaired) electrons. The molecule has 1 aromatic heterocycles. The van der Waals surface area contributed by atoms with E-state index in [9.17, 15) is 33.6 Å². The average molecular weight is 922 g/mol. The minimum atomic E-state index is -0.706. The number of aryl methyl sites for hydroxylation is 4. The molecule has 3 aliphatic heterocycles. The molecule has 17 nitrogen and oxygen atoms in total. The Bertz CT molecular complexity index is 2520. The highest BCUT2D eigenvalue weighted by Crippen LogP contribution is 2.39. The molecule has 3 aliphatic rings. The molecule has 17 heteroatoms. The van der Waals surface area contributed by atoms with Crippen LogP contribution >= 0.6 is 0 Å². The number of carbonyl (C=O) groups excluding carboxylic acids is 6. The molecule has 7 rings (SSSR count). The van der Waals surface area contributed by atoms with Crippen LogP contribution in [0.1, 0.15) is 92.1 Å². The highest BCUT2D eigenvalue weighted by molar-refractivity contribution is 6.05. The Labute approximate surface area is 390 Å². The molecule has 0 aliphatic carbocycles. The fraction of sp³-hybridized carbons (Fsp3) is 0.500. The Balaban J connectivity index is 0.755. The molecule has 0 saturated carbocycles. The van der Waals surface area contributed by atoms with Gasteiger partial charge in [-0.05, 0) is 98.2 Å². The molecule has 0 spiro atoms. The van der Waals surface area contributed by atoms with Gasteiger partial charge in [-0.3, -0.25) is 47.7 Å². The van der Waals surface area contributed by atoms with Crippen LogP contribution in [0.25, 0.3) is 11.0 Å². The van der Waals surface area contributed by atoms with Gasteiger partial charge in [0.05, 0.1) is 48.7 Å². The predicted octanol–water partition coefficient (Wildman–Crippen LogP) is 3.32. The summed E-state index contributed by atoms with van der Waals surface area (Å²) in [6, 6.07) is 17.9. The van der Waals surface area contributed by atoms with Crippen molar-refractivity contribution in [3.05, 3.63) is 99.0 Å². The fourth-order valence-corrected chi connectivity index (χ4v) is 9.32. The predicted molar refractivity (Wildman–Crippen MR) is 250 cm³/mol. The van der Waals surface area contributed by atoms with Gasteiger partial charge in [-0.15, -0.1) is 0 Å². The number of hydrogen-bond donors (Lipinski definition) is 3. The zero-order valence-electron chi connectivity index (χ0n) is 38.8. The number of piperidine rings is 1. The normalized spacial score (nSPS) is 17.9. The van der Waals surface area contributed by atoms with E-state index in [0.29, 0.717) is 57.6 Å². The summed E-state index contributed by atoms with van der Waals surface area (Å²) in [5, 5.41) is 5.99. The summed E-state index contributed by atoms with van der Waals surface area (Å²) >= 11 is 0. The first-order valence-electron chi connectivity index (χ1n) is 23.4. The number of fused-ring (bicyclic) bond motifs is 1. The molecule has 4 heterocycles. The largest absolute Gasteiger partial charge is 0.379 e. The van der Waals surface area contributed by atoms with Crippen molar-refractivity contribution in [1.29, 1.82) is 0 Å². The molecular formula is C50H63N7O10. The average Bonchev–Trinajstić information content (AvgIpc) is 3.77. The Kier molecular flexibility index (Phi) is 16.4. The van der Waals surface area contributed by atoms with Crippen molar-refractivity contribution in [2.75, 3.05) is 44.9 Å². The maximum Gasteiger partial charge on any atom is 0.329 e. The number of amides is 6. The number of nitrogens with zero attached hydrogens (tertiary/aromatic N) is 4. The van der Waals surface area contributed by atoms with E-state index in [-0.39, 0.29) is 61.3 Å². The third-order valence-corrected chi connectivity index (χ3v) is 13.1. The molecule has 67 heavy (non-hydrogen) atoms. The van der Waals surface area contributed by atoms with Gasteiger partial charge in [0.25, 0.3) is 5.91 Å². The van der Waals surface area contributed by atoms with E-state index in [2.05, 4.69) is 10.6 Å². The topological polar surface area (TPSA) is 214 Å². The highest BCUT2D eigenvalue weighted by Gasteiger charge is 2.41. The maximum absolute atomic E-state index is 13.8. The Hall–Kier alpha value is -6.17. The molecule has 4 aromatic rings. The summed E-state index contributed by atoms with van der Waals surface area (Å²) in [5.41, 5.74) is 12.6. The van der Waals surface area contributed by atoms with Crippen LogP contribution in [-0.4, -0.2) is 108 Å². The van der Waals surface area contributed by atoms with Gasteiger partial charge in [0, 0.05) is 52.9 Å². The van der Waals surface area contributed by atoms with E-state index in [1.165, 1.54) is 16.2 Å². The van der Waals surface area contributed by atoms with Crippen LogP contribution in [0.15, 0.2) is 65.5 Å². The van der Waals surface area contributed by atoms with Crippen LogP contribution in [-0.2, 0) is 82.3 Å². The van der Waals surface area contributed by atoms with Crippen molar-refractivity contribution in [3.63, 3.8) is 0 Å². The summed E-state index contributed by atoms with van der Waals surface area (Å²) < 4.78 is 20.5. The molecule has 3 aromatic carbocycles. The molecule has 358 valence electrons. The lowest BCUT2D eigenvalue weighted by molar-refractivity contribution is -0.149. The molecule has 0 bridgehead atoms. The van der Waals surface area contributed by atoms with E-state index >= 15 is 0 Å². The number of imidazole rings is 1. The van der Waals surface area contributed by atoms with Crippen molar-refractivity contribution >= 4 is 52.2 Å². The third-order valence-electron chi connectivity index (χ3n) is 13.1. The van der Waals surface area contributed by atoms with Crippen LogP contribution in [0.2, 0.25) is 0 Å². The van der Waals surface area contributed by atoms with Gasteiger partial charge in [0.15, 0.2) is 0 Å². The first-order valence-corrected chi connectivity index (χ1v) is 23.4. The van der Waals surface area contributed by atoms with E-state index in [4.69, 9.17) is 19.9 Å². The van der Waals surface area contributed by atoms with Gasteiger partial charge >= 0.3 is 5.69 Å². The number of imide groups is 1. The number of nitrogens with one attached hydrogen (secondary N) is 2. The van der Waals surface area contributed by atoms with Crippen LogP contribution in [0.5, 0.6) is 0 Å². The van der Waals surface area contributed by atoms with Crippen molar-refractivity contribution in [3.8, 4) is 0 Å². The van der Waals surface area contributed by atoms with Crippen LogP contribution in [0.4, 0.5) is 5.69 Å². The van der Waals surface area contributed by atoms with E-state index in [0.717, 1.165) is 82.4 Å². The summed E-state index contributed by atoms with van der Waals surface area (Å²) in [7, 11) is 3.14. The number of hydrogen-bond acceptors (Lipinski definition) is 10. The van der Waals surface area contributed by atoms with E-state index in [1.54, 1.807) is 11.9 Å². The van der Waals surface area contributed by atoms with Gasteiger partial charge in [-0.1, -0.05) is 48.5 Å². The zero-order valence-corrected chi connectivity index (χ0v) is 38.8. The number of ether oxygens (including phenoxy) is 3. The molecule has 1 fully saturated rings. The molecule has 6 amide bonds.